The van der Waals surface area contributed by atoms with Gasteiger partial charge in [-0.3, -0.25) is 0 Å². The predicted octanol–water partition coefficient (Wildman–Crippen LogP) is 6.81. The molecule has 220 valence electrons. The van der Waals surface area contributed by atoms with Crippen molar-refractivity contribution in [1.29, 1.82) is 0 Å². The van der Waals surface area contributed by atoms with Crippen molar-refractivity contribution >= 4 is 18.7 Å². The van der Waals surface area contributed by atoms with Crippen LogP contribution in [-0.4, -0.2) is 30.2 Å². The molecule has 0 saturated heterocycles. The third-order valence-corrected chi connectivity index (χ3v) is 12.7. The normalized spacial score (nSPS) is 13.3. The lowest BCUT2D eigenvalue weighted by molar-refractivity contribution is 0.146. The van der Waals surface area contributed by atoms with E-state index < -0.39 is 20.5 Å². The predicted molar refractivity (Wildman–Crippen MR) is 171 cm³/mol. The van der Waals surface area contributed by atoms with Gasteiger partial charge in [0.15, 0.2) is 0 Å². The molecule has 1 heterocycles. The van der Waals surface area contributed by atoms with Crippen molar-refractivity contribution in [3.8, 4) is 5.75 Å². The zero-order valence-corrected chi connectivity index (χ0v) is 26.2. The van der Waals surface area contributed by atoms with E-state index in [1.54, 1.807) is 36.6 Å². The molecule has 3 N–H and O–H groups in total. The molecule has 42 heavy (non-hydrogen) atoms. The lowest BCUT2D eigenvalue weighted by atomic mass is 10.00. The molecule has 0 saturated carbocycles. The van der Waals surface area contributed by atoms with Gasteiger partial charge in [-0.1, -0.05) is 81.4 Å². The number of rotatable bonds is 11. The van der Waals surface area contributed by atoms with E-state index in [9.17, 15) is 15.3 Å². The third-order valence-electron chi connectivity index (χ3n) is 7.74. The summed E-state index contributed by atoms with van der Waals surface area (Å²) in [6.45, 7) is 10.6. The topological polar surface area (TPSA) is 83.1 Å². The first kappa shape index (κ1) is 31.3. The zero-order chi connectivity index (χ0) is 30.3. The second kappa shape index (κ2) is 13.6. The highest BCUT2D eigenvalue weighted by atomic mass is 28.4. The van der Waals surface area contributed by atoms with Crippen LogP contribution in [0.15, 0.2) is 113 Å². The number of aliphatic hydroxyl groups excluding tert-OH is 2. The summed E-state index contributed by atoms with van der Waals surface area (Å²) < 4.78 is 12.6. The van der Waals surface area contributed by atoms with Crippen LogP contribution in [0, 0.1) is 13.8 Å². The Balaban J connectivity index is 1.70. The van der Waals surface area contributed by atoms with Gasteiger partial charge < -0.3 is 24.2 Å². The minimum Gasteiger partial charge on any atom is -0.507 e. The van der Waals surface area contributed by atoms with Crippen molar-refractivity contribution in [1.82, 2.24) is 0 Å². The SMILES string of the molecule is Cc1cc([C@H](O)CC=C=C(CO[Si](c2ccccc2)(c2ccccc2)C(C)(C)C)C[C@@H](O)c2ccco2)cc(C)c1O. The first-order valence-electron chi connectivity index (χ1n) is 14.4. The van der Waals surface area contributed by atoms with Crippen LogP contribution in [-0.2, 0) is 4.43 Å². The summed E-state index contributed by atoms with van der Waals surface area (Å²) in [6.07, 6.45) is 2.34. The Morgan fingerprint density at radius 3 is 1.95 bits per heavy atom. The Hall–Kier alpha value is -3.64. The van der Waals surface area contributed by atoms with Crippen molar-refractivity contribution in [3.05, 3.63) is 131 Å². The van der Waals surface area contributed by atoms with Gasteiger partial charge in [0.2, 0.25) is 0 Å². The maximum atomic E-state index is 11.0. The zero-order valence-electron chi connectivity index (χ0n) is 25.2. The van der Waals surface area contributed by atoms with Crippen molar-refractivity contribution in [2.24, 2.45) is 0 Å². The van der Waals surface area contributed by atoms with Crippen LogP contribution in [0.4, 0.5) is 0 Å². The first-order chi connectivity index (χ1) is 20.0. The average molecular weight is 583 g/mol. The number of hydrogen-bond donors (Lipinski definition) is 3. The molecule has 6 heteroatoms. The molecule has 4 rings (SSSR count). The van der Waals surface area contributed by atoms with E-state index in [2.05, 4.69) is 75.0 Å². The van der Waals surface area contributed by atoms with Crippen LogP contribution in [0.25, 0.3) is 0 Å². The summed E-state index contributed by atoms with van der Waals surface area (Å²) in [7, 11) is -2.81. The highest BCUT2D eigenvalue weighted by molar-refractivity contribution is 6.99. The molecule has 4 aromatic rings. The fourth-order valence-corrected chi connectivity index (χ4v) is 10.1. The number of phenolic OH excluding ortho intramolecular Hbond substituents is 1. The third kappa shape index (κ3) is 7.04. The molecule has 0 aliphatic rings. The van der Waals surface area contributed by atoms with Gasteiger partial charge in [-0.2, -0.15) is 0 Å². The monoisotopic (exact) mass is 582 g/mol. The fraction of sp³-hybridized carbons (Fsp3) is 0.306. The molecule has 3 aromatic carbocycles. The molecule has 0 radical (unpaired) electrons. The summed E-state index contributed by atoms with van der Waals surface area (Å²) in [5.41, 5.74) is 6.32. The van der Waals surface area contributed by atoms with Crippen molar-refractivity contribution in [2.45, 2.75) is 64.7 Å². The largest absolute Gasteiger partial charge is 0.507 e. The molecule has 0 bridgehead atoms. The number of phenols is 1. The summed E-state index contributed by atoms with van der Waals surface area (Å²) in [4.78, 5) is 0. The Kier molecular flexibility index (Phi) is 10.1. The van der Waals surface area contributed by atoms with Crippen molar-refractivity contribution < 1.29 is 24.2 Å². The van der Waals surface area contributed by atoms with E-state index in [-0.39, 0.29) is 23.8 Å². The summed E-state index contributed by atoms with van der Waals surface area (Å²) in [5.74, 6) is 0.728. The molecule has 0 aliphatic carbocycles. The smallest absolute Gasteiger partial charge is 0.261 e. The second-order valence-corrected chi connectivity index (χ2v) is 16.2. The lowest BCUT2D eigenvalue weighted by Crippen LogP contribution is -2.66. The second-order valence-electron chi connectivity index (χ2n) is 11.9. The number of hydrogen-bond acceptors (Lipinski definition) is 5. The van der Waals surface area contributed by atoms with Gasteiger partial charge >= 0.3 is 0 Å². The van der Waals surface area contributed by atoms with Gasteiger partial charge in [0.1, 0.15) is 17.6 Å². The number of aromatic hydroxyl groups is 1. The Labute approximate surface area is 250 Å². The maximum absolute atomic E-state index is 11.0. The molecule has 0 amide bonds. The van der Waals surface area contributed by atoms with E-state index in [0.717, 1.165) is 22.3 Å². The number of benzene rings is 3. The Bertz CT molecular complexity index is 1440. The highest BCUT2D eigenvalue weighted by Crippen LogP contribution is 2.37. The molecule has 5 nitrogen and oxygen atoms in total. The molecule has 0 unspecified atom stereocenters. The maximum Gasteiger partial charge on any atom is 0.261 e. The van der Waals surface area contributed by atoms with Crippen molar-refractivity contribution in [3.63, 3.8) is 0 Å². The Morgan fingerprint density at radius 1 is 0.881 bits per heavy atom. The molecule has 0 spiro atoms. The minimum absolute atomic E-state index is 0.199. The molecular weight excluding hydrogens is 540 g/mol. The van der Waals surface area contributed by atoms with Gasteiger partial charge in [0.25, 0.3) is 8.32 Å². The average Bonchev–Trinajstić information content (AvgIpc) is 3.51. The minimum atomic E-state index is -2.81. The van der Waals surface area contributed by atoms with Gasteiger partial charge in [-0.25, -0.2) is 0 Å². The van der Waals surface area contributed by atoms with E-state index in [1.165, 1.54) is 10.4 Å². The van der Waals surface area contributed by atoms with Crippen LogP contribution >= 0.6 is 0 Å². The van der Waals surface area contributed by atoms with Crippen LogP contribution < -0.4 is 10.4 Å². The van der Waals surface area contributed by atoms with E-state index in [1.807, 2.05) is 26.0 Å². The van der Waals surface area contributed by atoms with Crippen LogP contribution in [0.5, 0.6) is 5.75 Å². The summed E-state index contributed by atoms with van der Waals surface area (Å²) in [6, 6.07) is 28.0. The van der Waals surface area contributed by atoms with Crippen LogP contribution in [0.1, 0.15) is 68.3 Å². The van der Waals surface area contributed by atoms with Gasteiger partial charge in [-0.05, 0) is 81.9 Å². The van der Waals surface area contributed by atoms with E-state index in [0.29, 0.717) is 12.2 Å². The number of aryl methyl sites for hydroxylation is 2. The molecular formula is C36H42O5Si. The van der Waals surface area contributed by atoms with Crippen LogP contribution in [0.3, 0.4) is 0 Å². The van der Waals surface area contributed by atoms with Crippen molar-refractivity contribution in [2.75, 3.05) is 6.61 Å². The van der Waals surface area contributed by atoms with Crippen LogP contribution in [0.2, 0.25) is 5.04 Å². The van der Waals surface area contributed by atoms with E-state index >= 15 is 0 Å². The van der Waals surface area contributed by atoms with Gasteiger partial charge in [0, 0.05) is 12.8 Å². The van der Waals surface area contributed by atoms with Gasteiger partial charge in [-0.15, -0.1) is 5.73 Å². The quantitative estimate of drug-likeness (QED) is 0.134. The summed E-state index contributed by atoms with van der Waals surface area (Å²) >= 11 is 0. The molecule has 0 aliphatic heterocycles. The standard InChI is InChI=1S/C36H42O5Si/c1-26-22-29(23-27(2)35(26)39)32(37)19-12-14-28(24-33(38)34-20-13-21-40-34)25-41-42(36(3,4)5,30-15-8-6-9-16-30)31-17-10-7-11-18-31/h6-13,15-18,20-23,32-33,37-39H,19,24-25H2,1-5H3/t14?,32-,33-/m1/s1. The number of aliphatic hydroxyl groups is 2. The van der Waals surface area contributed by atoms with Gasteiger partial charge in [0.05, 0.1) is 19.0 Å². The molecule has 1 aromatic heterocycles. The lowest BCUT2D eigenvalue weighted by Gasteiger charge is -2.43. The molecule has 2 atom stereocenters. The fourth-order valence-electron chi connectivity index (χ4n) is 5.56. The molecule has 0 fully saturated rings. The number of furan rings is 1. The Morgan fingerprint density at radius 2 is 1.45 bits per heavy atom. The van der Waals surface area contributed by atoms with E-state index in [4.69, 9.17) is 8.84 Å². The first-order valence-corrected chi connectivity index (χ1v) is 16.3. The summed E-state index contributed by atoms with van der Waals surface area (Å²) in [5, 5.41) is 34.2. The highest BCUT2D eigenvalue weighted by Gasteiger charge is 2.50.